The number of para-hydroxylation sites is 3. The molecule has 0 fully saturated rings. The van der Waals surface area contributed by atoms with Crippen LogP contribution in [0.4, 0.5) is 0 Å². The van der Waals surface area contributed by atoms with Crippen molar-refractivity contribution in [2.45, 2.75) is 0 Å². The zero-order valence-corrected chi connectivity index (χ0v) is 21.9. The van der Waals surface area contributed by atoms with Crippen molar-refractivity contribution >= 4 is 65.3 Å². The summed E-state index contributed by atoms with van der Waals surface area (Å²) in [7, 11) is 0. The smallest absolute Gasteiger partial charge is 0.180 e. The summed E-state index contributed by atoms with van der Waals surface area (Å²) in [6, 6.07) is 43.6. The molecule has 9 aromatic rings. The molecule has 190 valence electrons. The first kappa shape index (κ1) is 22.2. The number of pyridine rings is 1. The van der Waals surface area contributed by atoms with E-state index >= 15 is 0 Å². The molecule has 6 aromatic carbocycles. The van der Waals surface area contributed by atoms with Crippen LogP contribution < -0.4 is 0 Å². The molecule has 0 bridgehead atoms. The summed E-state index contributed by atoms with van der Waals surface area (Å²) in [6.07, 6.45) is 0. The van der Waals surface area contributed by atoms with Gasteiger partial charge in [0.05, 0.1) is 22.1 Å². The predicted molar refractivity (Wildman–Crippen MR) is 168 cm³/mol. The molecule has 0 saturated heterocycles. The SMILES string of the molecule is c1ccc(-c2nc(-c3nc4ccccc4c4c5ccccc5c5c6ccccc6oc5c34)nc3ccccc23)cc1. The number of rotatable bonds is 2. The summed E-state index contributed by atoms with van der Waals surface area (Å²) in [6.45, 7) is 0. The summed E-state index contributed by atoms with van der Waals surface area (Å²) < 4.78 is 6.69. The van der Waals surface area contributed by atoms with E-state index in [-0.39, 0.29) is 0 Å². The largest absolute Gasteiger partial charge is 0.455 e. The van der Waals surface area contributed by atoms with Crippen LogP contribution in [0.3, 0.4) is 0 Å². The molecule has 0 atom stereocenters. The average Bonchev–Trinajstić information content (AvgIpc) is 3.44. The molecule has 0 radical (unpaired) electrons. The molecule has 0 aliphatic rings. The molecule has 0 amide bonds. The summed E-state index contributed by atoms with van der Waals surface area (Å²) in [5.74, 6) is 0.579. The lowest BCUT2D eigenvalue weighted by atomic mass is 9.93. The van der Waals surface area contributed by atoms with Gasteiger partial charge in [0, 0.05) is 32.5 Å². The molecule has 0 aliphatic carbocycles. The lowest BCUT2D eigenvalue weighted by Gasteiger charge is -2.14. The van der Waals surface area contributed by atoms with Crippen molar-refractivity contribution in [3.8, 4) is 22.8 Å². The van der Waals surface area contributed by atoms with Gasteiger partial charge in [0.1, 0.15) is 16.9 Å². The molecular formula is C37H21N3O. The van der Waals surface area contributed by atoms with Gasteiger partial charge in [-0.25, -0.2) is 15.0 Å². The van der Waals surface area contributed by atoms with Crippen LogP contribution >= 0.6 is 0 Å². The van der Waals surface area contributed by atoms with Crippen LogP contribution in [-0.2, 0) is 0 Å². The summed E-state index contributed by atoms with van der Waals surface area (Å²) in [4.78, 5) is 15.6. The second-order valence-corrected chi connectivity index (χ2v) is 10.4. The summed E-state index contributed by atoms with van der Waals surface area (Å²) in [5.41, 5.74) is 6.08. The van der Waals surface area contributed by atoms with Crippen molar-refractivity contribution in [3.05, 3.63) is 127 Å². The maximum absolute atomic E-state index is 6.69. The Hall–Kier alpha value is -5.61. The molecule has 0 aliphatic heterocycles. The Kier molecular flexibility index (Phi) is 4.58. The first-order valence-electron chi connectivity index (χ1n) is 13.7. The van der Waals surface area contributed by atoms with Crippen molar-refractivity contribution in [3.63, 3.8) is 0 Å². The molecule has 41 heavy (non-hydrogen) atoms. The minimum Gasteiger partial charge on any atom is -0.455 e. The Bertz CT molecular complexity index is 2480. The Balaban J connectivity index is 1.54. The van der Waals surface area contributed by atoms with Gasteiger partial charge in [-0.1, -0.05) is 109 Å². The van der Waals surface area contributed by atoms with E-state index in [1.165, 1.54) is 0 Å². The van der Waals surface area contributed by atoms with Crippen molar-refractivity contribution in [1.82, 2.24) is 15.0 Å². The highest BCUT2D eigenvalue weighted by Gasteiger charge is 2.23. The van der Waals surface area contributed by atoms with E-state index in [2.05, 4.69) is 72.8 Å². The summed E-state index contributed by atoms with van der Waals surface area (Å²) >= 11 is 0. The van der Waals surface area contributed by atoms with Crippen molar-refractivity contribution in [2.24, 2.45) is 0 Å². The minimum absolute atomic E-state index is 0.579. The Morgan fingerprint density at radius 1 is 0.390 bits per heavy atom. The highest BCUT2D eigenvalue weighted by Crippen LogP contribution is 2.45. The molecule has 4 heteroatoms. The van der Waals surface area contributed by atoms with E-state index in [9.17, 15) is 0 Å². The number of furan rings is 1. The fourth-order valence-electron chi connectivity index (χ4n) is 6.28. The number of nitrogens with zero attached hydrogens (tertiary/aromatic N) is 3. The number of hydrogen-bond acceptors (Lipinski definition) is 4. The van der Waals surface area contributed by atoms with Gasteiger partial charge in [-0.2, -0.15) is 0 Å². The predicted octanol–water partition coefficient (Wildman–Crippen LogP) is 9.72. The van der Waals surface area contributed by atoms with E-state index in [0.717, 1.165) is 82.2 Å². The van der Waals surface area contributed by atoms with Crippen LogP contribution in [0.1, 0.15) is 0 Å². The number of aromatic nitrogens is 3. The van der Waals surface area contributed by atoms with Crippen LogP contribution in [0, 0.1) is 0 Å². The van der Waals surface area contributed by atoms with Crippen LogP contribution in [0.5, 0.6) is 0 Å². The molecule has 0 spiro atoms. The number of hydrogen-bond donors (Lipinski definition) is 0. The van der Waals surface area contributed by atoms with Crippen molar-refractivity contribution in [2.75, 3.05) is 0 Å². The van der Waals surface area contributed by atoms with E-state index in [0.29, 0.717) is 5.82 Å². The van der Waals surface area contributed by atoms with E-state index in [4.69, 9.17) is 19.4 Å². The van der Waals surface area contributed by atoms with Gasteiger partial charge in [-0.15, -0.1) is 0 Å². The fourth-order valence-corrected chi connectivity index (χ4v) is 6.28. The molecule has 4 nitrogen and oxygen atoms in total. The highest BCUT2D eigenvalue weighted by molar-refractivity contribution is 6.36. The number of fused-ring (bicyclic) bond motifs is 11. The molecule has 9 rings (SSSR count). The zero-order valence-electron chi connectivity index (χ0n) is 21.9. The van der Waals surface area contributed by atoms with E-state index in [1.54, 1.807) is 0 Å². The van der Waals surface area contributed by atoms with Crippen LogP contribution in [0.15, 0.2) is 132 Å². The van der Waals surface area contributed by atoms with Gasteiger partial charge in [0.25, 0.3) is 0 Å². The lowest BCUT2D eigenvalue weighted by Crippen LogP contribution is -1.99. The van der Waals surface area contributed by atoms with Gasteiger partial charge < -0.3 is 4.42 Å². The van der Waals surface area contributed by atoms with Gasteiger partial charge in [0.2, 0.25) is 0 Å². The zero-order chi connectivity index (χ0) is 26.9. The second kappa shape index (κ2) is 8.44. The first-order valence-corrected chi connectivity index (χ1v) is 13.7. The third-order valence-electron chi connectivity index (χ3n) is 8.04. The summed E-state index contributed by atoms with van der Waals surface area (Å²) in [5, 5.41) is 8.61. The quantitative estimate of drug-likeness (QED) is 0.212. The maximum Gasteiger partial charge on any atom is 0.180 e. The van der Waals surface area contributed by atoms with Crippen LogP contribution in [0.2, 0.25) is 0 Å². The molecule has 0 N–H and O–H groups in total. The van der Waals surface area contributed by atoms with Gasteiger partial charge >= 0.3 is 0 Å². The Morgan fingerprint density at radius 2 is 0.976 bits per heavy atom. The fraction of sp³-hybridized carbons (Fsp3) is 0. The highest BCUT2D eigenvalue weighted by atomic mass is 16.3. The van der Waals surface area contributed by atoms with Crippen molar-refractivity contribution < 1.29 is 4.42 Å². The van der Waals surface area contributed by atoms with Gasteiger partial charge in [-0.05, 0) is 29.0 Å². The normalized spacial score (nSPS) is 11.9. The second-order valence-electron chi connectivity index (χ2n) is 10.4. The first-order chi connectivity index (χ1) is 20.3. The van der Waals surface area contributed by atoms with Gasteiger partial charge in [0.15, 0.2) is 5.82 Å². The topological polar surface area (TPSA) is 51.8 Å². The Labute approximate surface area is 234 Å². The molecule has 3 heterocycles. The Morgan fingerprint density at radius 3 is 1.76 bits per heavy atom. The molecule has 0 unspecified atom stereocenters. The molecule has 0 saturated carbocycles. The maximum atomic E-state index is 6.69. The third-order valence-corrected chi connectivity index (χ3v) is 8.04. The van der Waals surface area contributed by atoms with E-state index in [1.807, 2.05) is 54.6 Å². The third kappa shape index (κ3) is 3.19. The van der Waals surface area contributed by atoms with E-state index < -0.39 is 0 Å². The van der Waals surface area contributed by atoms with Crippen molar-refractivity contribution in [1.29, 1.82) is 0 Å². The average molecular weight is 524 g/mol. The standard InChI is InChI=1S/C37H21N3O/c1-2-12-22(13-3-1)34-26-17-7-10-20-29(26)39-37(40-34)35-33-31(25-16-6-9-19-28(25)38-35)23-14-4-5-15-24(23)32-27-18-8-11-21-30(27)41-36(32)33/h1-21H. The van der Waals surface area contributed by atoms with Crippen LogP contribution in [-0.4, -0.2) is 15.0 Å². The van der Waals surface area contributed by atoms with Crippen LogP contribution in [0.25, 0.3) is 88.1 Å². The monoisotopic (exact) mass is 523 g/mol. The minimum atomic E-state index is 0.579. The molecule has 3 aromatic heterocycles. The molecular weight excluding hydrogens is 502 g/mol. The number of benzene rings is 6. The lowest BCUT2D eigenvalue weighted by molar-refractivity contribution is 0.673. The van der Waals surface area contributed by atoms with Gasteiger partial charge in [-0.3, -0.25) is 0 Å².